The van der Waals surface area contributed by atoms with Crippen LogP contribution in [-0.4, -0.2) is 6.10 Å². The molecular formula is C16H24O. The molecule has 1 aromatic carbocycles. The molecular weight excluding hydrogens is 208 g/mol. The van der Waals surface area contributed by atoms with Gasteiger partial charge >= 0.3 is 0 Å². The molecule has 0 saturated carbocycles. The number of hydrogen-bond acceptors (Lipinski definition) is 1. The van der Waals surface area contributed by atoms with Crippen molar-refractivity contribution >= 4 is 0 Å². The van der Waals surface area contributed by atoms with Crippen LogP contribution in [0.5, 0.6) is 0 Å². The lowest BCUT2D eigenvalue weighted by Gasteiger charge is -2.08. The van der Waals surface area contributed by atoms with Crippen molar-refractivity contribution in [2.24, 2.45) is 0 Å². The van der Waals surface area contributed by atoms with E-state index in [9.17, 15) is 0 Å². The third kappa shape index (κ3) is 6.96. The summed E-state index contributed by atoms with van der Waals surface area (Å²) < 4.78 is 5.75. The number of hydrogen-bond donors (Lipinski definition) is 0. The topological polar surface area (TPSA) is 9.23 Å². The van der Waals surface area contributed by atoms with Crippen LogP contribution < -0.4 is 0 Å². The van der Waals surface area contributed by atoms with E-state index < -0.39 is 0 Å². The zero-order valence-corrected chi connectivity index (χ0v) is 11.1. The van der Waals surface area contributed by atoms with Crippen molar-refractivity contribution in [1.29, 1.82) is 0 Å². The van der Waals surface area contributed by atoms with Crippen molar-refractivity contribution in [1.82, 2.24) is 0 Å². The molecule has 1 atom stereocenters. The lowest BCUT2D eigenvalue weighted by molar-refractivity contribution is 0.0839. The summed E-state index contributed by atoms with van der Waals surface area (Å²) >= 11 is 0. The van der Waals surface area contributed by atoms with E-state index in [0.29, 0.717) is 6.61 Å². The van der Waals surface area contributed by atoms with Gasteiger partial charge in [-0.1, -0.05) is 62.2 Å². The monoisotopic (exact) mass is 232 g/mol. The Kier molecular flexibility index (Phi) is 7.40. The van der Waals surface area contributed by atoms with Gasteiger partial charge in [0.2, 0.25) is 0 Å². The van der Waals surface area contributed by atoms with E-state index in [1.807, 2.05) is 18.2 Å². The average Bonchev–Trinajstić information content (AvgIpc) is 2.37. The minimum Gasteiger partial charge on any atom is -0.370 e. The van der Waals surface area contributed by atoms with Gasteiger partial charge in [0.05, 0.1) is 12.7 Å². The van der Waals surface area contributed by atoms with Gasteiger partial charge in [0.15, 0.2) is 0 Å². The molecule has 0 spiro atoms. The summed E-state index contributed by atoms with van der Waals surface area (Å²) in [5, 5.41) is 0. The van der Waals surface area contributed by atoms with Crippen LogP contribution in [0.15, 0.2) is 42.5 Å². The van der Waals surface area contributed by atoms with Crippen molar-refractivity contribution in [3.8, 4) is 0 Å². The molecule has 1 aromatic rings. The van der Waals surface area contributed by atoms with Crippen LogP contribution >= 0.6 is 0 Å². The number of unbranched alkanes of at least 4 members (excludes halogenated alkanes) is 3. The highest BCUT2D eigenvalue weighted by molar-refractivity contribution is 5.13. The largest absolute Gasteiger partial charge is 0.370 e. The normalized spacial score (nSPS) is 13.1. The van der Waals surface area contributed by atoms with E-state index in [1.54, 1.807) is 0 Å². The molecule has 0 aliphatic heterocycles. The van der Waals surface area contributed by atoms with Gasteiger partial charge < -0.3 is 4.74 Å². The van der Waals surface area contributed by atoms with Crippen LogP contribution in [0.25, 0.3) is 0 Å². The molecule has 17 heavy (non-hydrogen) atoms. The number of allylic oxidation sites excluding steroid dienone is 1. The molecule has 0 saturated heterocycles. The highest BCUT2D eigenvalue weighted by Gasteiger charge is 1.97. The Morgan fingerprint density at radius 3 is 2.65 bits per heavy atom. The van der Waals surface area contributed by atoms with Gasteiger partial charge in [0.1, 0.15) is 0 Å². The van der Waals surface area contributed by atoms with E-state index in [1.165, 1.54) is 31.2 Å². The molecule has 0 aliphatic carbocycles. The van der Waals surface area contributed by atoms with E-state index in [4.69, 9.17) is 4.74 Å². The van der Waals surface area contributed by atoms with Crippen molar-refractivity contribution in [2.45, 2.75) is 52.2 Å². The molecule has 1 rings (SSSR count). The van der Waals surface area contributed by atoms with Crippen LogP contribution in [0.2, 0.25) is 0 Å². The number of rotatable bonds is 8. The molecule has 0 radical (unpaired) electrons. The Labute approximate surface area is 106 Å². The summed E-state index contributed by atoms with van der Waals surface area (Å²) in [4.78, 5) is 0. The third-order valence-electron chi connectivity index (χ3n) is 2.74. The predicted molar refractivity (Wildman–Crippen MR) is 74.0 cm³/mol. The molecule has 1 nitrogen and oxygen atoms in total. The van der Waals surface area contributed by atoms with E-state index in [0.717, 1.165) is 0 Å². The summed E-state index contributed by atoms with van der Waals surface area (Å²) in [5.41, 5.74) is 1.23. The first kappa shape index (κ1) is 14.0. The van der Waals surface area contributed by atoms with Gasteiger partial charge in [-0.2, -0.15) is 0 Å². The maximum Gasteiger partial charge on any atom is 0.0732 e. The molecule has 1 heteroatoms. The minimum atomic E-state index is 0.205. The average molecular weight is 232 g/mol. The molecule has 1 unspecified atom stereocenters. The second kappa shape index (κ2) is 9.00. The van der Waals surface area contributed by atoms with Gasteiger partial charge in [0.25, 0.3) is 0 Å². The second-order valence-corrected chi connectivity index (χ2v) is 4.43. The number of benzene rings is 1. The van der Waals surface area contributed by atoms with Crippen LogP contribution in [0.3, 0.4) is 0 Å². The standard InChI is InChI=1S/C16H24O/c1-3-4-5-6-8-11-15(2)17-14-16-12-9-7-10-13-16/h7-13,15H,3-6,14H2,1-2H3/b11-8+. The molecule has 0 amide bonds. The molecule has 0 aromatic heterocycles. The Morgan fingerprint density at radius 1 is 1.18 bits per heavy atom. The first-order valence-electron chi connectivity index (χ1n) is 6.65. The van der Waals surface area contributed by atoms with Crippen LogP contribution in [0, 0.1) is 0 Å². The second-order valence-electron chi connectivity index (χ2n) is 4.43. The lowest BCUT2D eigenvalue weighted by atomic mass is 10.2. The number of ether oxygens (including phenoxy) is 1. The molecule has 0 heterocycles. The van der Waals surface area contributed by atoms with Crippen molar-refractivity contribution in [3.05, 3.63) is 48.0 Å². The Hall–Kier alpha value is -1.08. The molecule has 0 fully saturated rings. The fourth-order valence-corrected chi connectivity index (χ4v) is 1.66. The zero-order chi connectivity index (χ0) is 12.3. The molecule has 0 N–H and O–H groups in total. The fourth-order valence-electron chi connectivity index (χ4n) is 1.66. The summed E-state index contributed by atoms with van der Waals surface area (Å²) in [5.74, 6) is 0. The summed E-state index contributed by atoms with van der Waals surface area (Å²) in [7, 11) is 0. The molecule has 94 valence electrons. The van der Waals surface area contributed by atoms with E-state index in [-0.39, 0.29) is 6.10 Å². The Morgan fingerprint density at radius 2 is 1.94 bits per heavy atom. The minimum absolute atomic E-state index is 0.205. The summed E-state index contributed by atoms with van der Waals surface area (Å²) in [6.45, 7) is 5.02. The molecule has 0 aliphatic rings. The van der Waals surface area contributed by atoms with E-state index in [2.05, 4.69) is 38.1 Å². The van der Waals surface area contributed by atoms with Crippen molar-refractivity contribution in [2.75, 3.05) is 0 Å². The first-order valence-corrected chi connectivity index (χ1v) is 6.65. The van der Waals surface area contributed by atoms with Gasteiger partial charge in [0, 0.05) is 0 Å². The molecule has 0 bridgehead atoms. The van der Waals surface area contributed by atoms with Gasteiger partial charge in [-0.05, 0) is 25.3 Å². The summed E-state index contributed by atoms with van der Waals surface area (Å²) in [6.07, 6.45) is 9.68. The van der Waals surface area contributed by atoms with Crippen molar-refractivity contribution in [3.63, 3.8) is 0 Å². The fraction of sp³-hybridized carbons (Fsp3) is 0.500. The van der Waals surface area contributed by atoms with Crippen LogP contribution in [-0.2, 0) is 11.3 Å². The Balaban J connectivity index is 2.14. The quantitative estimate of drug-likeness (QED) is 0.465. The first-order chi connectivity index (χ1) is 8.33. The Bertz CT molecular complexity index is 303. The zero-order valence-electron chi connectivity index (χ0n) is 11.1. The van der Waals surface area contributed by atoms with Crippen LogP contribution in [0.1, 0.15) is 45.1 Å². The van der Waals surface area contributed by atoms with Gasteiger partial charge in [-0.3, -0.25) is 0 Å². The van der Waals surface area contributed by atoms with Crippen LogP contribution in [0.4, 0.5) is 0 Å². The lowest BCUT2D eigenvalue weighted by Crippen LogP contribution is -2.04. The maximum atomic E-state index is 5.75. The maximum absolute atomic E-state index is 5.75. The SMILES string of the molecule is CCCCC/C=C/C(C)OCc1ccccc1. The predicted octanol–water partition coefficient (Wildman–Crippen LogP) is 4.73. The van der Waals surface area contributed by atoms with Crippen molar-refractivity contribution < 1.29 is 4.74 Å². The highest BCUT2D eigenvalue weighted by atomic mass is 16.5. The van der Waals surface area contributed by atoms with E-state index >= 15 is 0 Å². The van der Waals surface area contributed by atoms with Gasteiger partial charge in [-0.25, -0.2) is 0 Å². The smallest absolute Gasteiger partial charge is 0.0732 e. The highest BCUT2D eigenvalue weighted by Crippen LogP contribution is 2.05. The summed E-state index contributed by atoms with van der Waals surface area (Å²) in [6, 6.07) is 10.3. The third-order valence-corrected chi connectivity index (χ3v) is 2.74. The van der Waals surface area contributed by atoms with Gasteiger partial charge in [-0.15, -0.1) is 0 Å².